The van der Waals surface area contributed by atoms with Crippen molar-refractivity contribution in [2.75, 3.05) is 19.0 Å². The number of aromatic nitrogens is 1. The molecule has 0 radical (unpaired) electrons. The first kappa shape index (κ1) is 24.5. The minimum Gasteiger partial charge on any atom is -0.353 e. The van der Waals surface area contributed by atoms with Gasteiger partial charge in [-0.2, -0.15) is 0 Å². The van der Waals surface area contributed by atoms with Crippen LogP contribution in [0.3, 0.4) is 0 Å². The Hall–Kier alpha value is -2.65. The van der Waals surface area contributed by atoms with Crippen LogP contribution in [0.25, 0.3) is 10.9 Å². The Labute approximate surface area is 206 Å². The lowest BCUT2D eigenvalue weighted by Crippen LogP contribution is -2.41. The number of thioether (sulfide) groups is 1. The average Bonchev–Trinajstić information content (AvgIpc) is 2.84. The average molecular weight is 501 g/mol. The number of carbonyl (C=O) groups excluding carboxylic acids is 2. The number of carbonyl (C=O) groups is 2. The monoisotopic (exact) mass is 500 g/mol. The van der Waals surface area contributed by atoms with E-state index in [4.69, 9.17) is 21.1 Å². The Kier molecular flexibility index (Phi) is 8.39. The number of benzene rings is 2. The molecule has 1 unspecified atom stereocenters. The predicted octanol–water partition coefficient (Wildman–Crippen LogP) is 3.94. The molecule has 178 valence electrons. The number of hydrogen-bond acceptors (Lipinski definition) is 6. The Morgan fingerprint density at radius 3 is 2.62 bits per heavy atom. The van der Waals surface area contributed by atoms with Gasteiger partial charge in [-0.3, -0.25) is 14.4 Å². The number of ether oxygens (including phenoxy) is 2. The molecule has 1 atom stereocenters. The number of nitrogens with one attached hydrogen (secondary N) is 2. The fourth-order valence-electron chi connectivity index (χ4n) is 3.76. The summed E-state index contributed by atoms with van der Waals surface area (Å²) < 4.78 is 11.1. The van der Waals surface area contributed by atoms with Crippen molar-refractivity contribution in [2.45, 2.75) is 31.6 Å². The molecule has 9 heteroatoms. The van der Waals surface area contributed by atoms with Crippen LogP contribution in [0, 0.1) is 0 Å². The fourth-order valence-corrected chi connectivity index (χ4v) is 4.74. The molecule has 1 aromatic heterocycles. The minimum atomic E-state index is -0.827. The van der Waals surface area contributed by atoms with Gasteiger partial charge in [0, 0.05) is 46.1 Å². The van der Waals surface area contributed by atoms with Crippen LogP contribution in [-0.2, 0) is 20.7 Å². The van der Waals surface area contributed by atoms with E-state index in [1.54, 1.807) is 24.3 Å². The number of para-hydroxylation sites is 1. The highest BCUT2D eigenvalue weighted by Crippen LogP contribution is 2.20. The molecule has 1 saturated heterocycles. The van der Waals surface area contributed by atoms with Crippen molar-refractivity contribution < 1.29 is 19.1 Å². The van der Waals surface area contributed by atoms with E-state index in [1.165, 1.54) is 6.07 Å². The topological polar surface area (TPSA) is 97.5 Å². The highest BCUT2D eigenvalue weighted by Gasteiger charge is 2.24. The van der Waals surface area contributed by atoms with Gasteiger partial charge in [0.1, 0.15) is 6.04 Å². The normalized spacial score (nSPS) is 15.2. The van der Waals surface area contributed by atoms with Gasteiger partial charge in [0.2, 0.25) is 10.7 Å². The summed E-state index contributed by atoms with van der Waals surface area (Å²) in [5.41, 5.74) is 1.50. The van der Waals surface area contributed by atoms with Gasteiger partial charge in [-0.05, 0) is 42.3 Å². The number of fused-ring (bicyclic) bond motifs is 1. The molecule has 0 bridgehead atoms. The molecule has 1 fully saturated rings. The lowest BCUT2D eigenvalue weighted by molar-refractivity contribution is -0.178. The molecule has 2 heterocycles. The van der Waals surface area contributed by atoms with Crippen LogP contribution < -0.4 is 10.9 Å². The molecule has 0 saturated carbocycles. The van der Waals surface area contributed by atoms with Crippen LogP contribution in [0.4, 0.5) is 0 Å². The van der Waals surface area contributed by atoms with E-state index >= 15 is 0 Å². The van der Waals surface area contributed by atoms with Gasteiger partial charge in [0.25, 0.3) is 5.91 Å². The molecule has 34 heavy (non-hydrogen) atoms. The third-order valence-corrected chi connectivity index (χ3v) is 6.71. The van der Waals surface area contributed by atoms with Crippen molar-refractivity contribution in [1.82, 2.24) is 10.3 Å². The standard InChI is InChI=1S/C25H25ClN2O5S/c26-18-8-6-16(7-9-18)24(30)28-21(25(31)34-13-10-23-32-11-3-12-33-23)14-17-15-22(29)27-20-5-2-1-4-19(17)20/h1-2,4-9,15,21,23H,3,10-14H2,(H,27,29)(H,28,30). The van der Waals surface area contributed by atoms with E-state index in [0.717, 1.165) is 23.6 Å². The number of halogens is 1. The number of amides is 1. The molecule has 3 aromatic rings. The maximum Gasteiger partial charge on any atom is 0.251 e. The molecule has 7 nitrogen and oxygen atoms in total. The van der Waals surface area contributed by atoms with Gasteiger partial charge < -0.3 is 19.8 Å². The summed E-state index contributed by atoms with van der Waals surface area (Å²) in [5, 5.41) is 4.00. The van der Waals surface area contributed by atoms with Gasteiger partial charge in [-0.1, -0.05) is 41.6 Å². The molecule has 4 rings (SSSR count). The maximum atomic E-state index is 13.2. The Bertz CT molecular complexity index is 1210. The minimum absolute atomic E-state index is 0.187. The van der Waals surface area contributed by atoms with Crippen molar-refractivity contribution in [3.63, 3.8) is 0 Å². The largest absolute Gasteiger partial charge is 0.353 e. The van der Waals surface area contributed by atoms with Crippen LogP contribution in [0.2, 0.25) is 5.02 Å². The van der Waals surface area contributed by atoms with Crippen LogP contribution in [0.5, 0.6) is 0 Å². The third kappa shape index (κ3) is 6.48. The van der Waals surface area contributed by atoms with Crippen molar-refractivity contribution in [2.24, 2.45) is 0 Å². The lowest BCUT2D eigenvalue weighted by Gasteiger charge is -2.23. The molecule has 2 N–H and O–H groups in total. The van der Waals surface area contributed by atoms with Crippen LogP contribution in [-0.4, -0.2) is 47.3 Å². The number of H-pyrrole nitrogens is 1. The zero-order valence-electron chi connectivity index (χ0n) is 18.4. The zero-order chi connectivity index (χ0) is 23.9. The van der Waals surface area contributed by atoms with Crippen LogP contribution >= 0.6 is 23.4 Å². The zero-order valence-corrected chi connectivity index (χ0v) is 20.0. The second-order valence-corrected chi connectivity index (χ2v) is 9.46. The van der Waals surface area contributed by atoms with Gasteiger partial charge >= 0.3 is 0 Å². The summed E-state index contributed by atoms with van der Waals surface area (Å²) in [6.45, 7) is 1.30. The molecular weight excluding hydrogens is 476 g/mol. The summed E-state index contributed by atoms with van der Waals surface area (Å²) >= 11 is 7.06. The van der Waals surface area contributed by atoms with E-state index in [-0.39, 0.29) is 29.3 Å². The van der Waals surface area contributed by atoms with Crippen molar-refractivity contribution in [1.29, 1.82) is 0 Å². The number of aromatic amines is 1. The van der Waals surface area contributed by atoms with Gasteiger partial charge in [0.15, 0.2) is 6.29 Å². The Morgan fingerprint density at radius 2 is 1.85 bits per heavy atom. The number of pyridine rings is 1. The molecule has 0 aliphatic carbocycles. The SMILES string of the molecule is O=C(NC(Cc1cc(=O)[nH]c2ccccc12)C(=O)SCCC1OCCCO1)c1ccc(Cl)cc1. The van der Waals surface area contributed by atoms with E-state index in [9.17, 15) is 14.4 Å². The van der Waals surface area contributed by atoms with Crippen molar-refractivity contribution in [3.05, 3.63) is 81.1 Å². The predicted molar refractivity (Wildman–Crippen MR) is 133 cm³/mol. The first-order valence-electron chi connectivity index (χ1n) is 11.1. The molecule has 1 aliphatic rings. The molecular formula is C25H25ClN2O5S. The molecule has 0 spiro atoms. The number of rotatable bonds is 8. The number of hydrogen-bond donors (Lipinski definition) is 2. The molecule has 1 aliphatic heterocycles. The smallest absolute Gasteiger partial charge is 0.251 e. The van der Waals surface area contributed by atoms with Gasteiger partial charge in [-0.25, -0.2) is 0 Å². The Balaban J connectivity index is 1.52. The van der Waals surface area contributed by atoms with Gasteiger partial charge in [0.05, 0.1) is 13.2 Å². The summed E-state index contributed by atoms with van der Waals surface area (Å²) in [7, 11) is 0. The van der Waals surface area contributed by atoms with Gasteiger partial charge in [-0.15, -0.1) is 0 Å². The van der Waals surface area contributed by atoms with Crippen molar-refractivity contribution in [3.8, 4) is 0 Å². The second kappa shape index (κ2) is 11.7. The third-order valence-electron chi connectivity index (χ3n) is 5.45. The lowest BCUT2D eigenvalue weighted by atomic mass is 10.0. The van der Waals surface area contributed by atoms with E-state index in [1.807, 2.05) is 24.3 Å². The van der Waals surface area contributed by atoms with E-state index < -0.39 is 6.04 Å². The van der Waals surface area contributed by atoms with Crippen molar-refractivity contribution >= 4 is 45.3 Å². The maximum absolute atomic E-state index is 13.2. The van der Waals surface area contributed by atoms with E-state index in [2.05, 4.69) is 10.3 Å². The fraction of sp³-hybridized carbons (Fsp3) is 0.320. The highest BCUT2D eigenvalue weighted by atomic mass is 35.5. The summed E-state index contributed by atoms with van der Waals surface area (Å²) in [6, 6.07) is 14.5. The quantitative estimate of drug-likeness (QED) is 0.486. The summed E-state index contributed by atoms with van der Waals surface area (Å²) in [6.07, 6.45) is 1.31. The van der Waals surface area contributed by atoms with Crippen LogP contribution in [0.1, 0.15) is 28.8 Å². The molecule has 1 amide bonds. The highest BCUT2D eigenvalue weighted by molar-refractivity contribution is 8.13. The summed E-state index contributed by atoms with van der Waals surface area (Å²) in [5.74, 6) is 0.108. The summed E-state index contributed by atoms with van der Waals surface area (Å²) in [4.78, 5) is 41.1. The first-order chi connectivity index (χ1) is 16.5. The van der Waals surface area contributed by atoms with E-state index in [0.29, 0.717) is 47.1 Å². The second-order valence-electron chi connectivity index (χ2n) is 7.92. The molecule has 2 aromatic carbocycles. The first-order valence-corrected chi connectivity index (χ1v) is 12.4. The van der Waals surface area contributed by atoms with Crippen LogP contribution in [0.15, 0.2) is 59.4 Å². The Morgan fingerprint density at radius 1 is 1.12 bits per heavy atom.